The van der Waals surface area contributed by atoms with Gasteiger partial charge in [0.2, 0.25) is 0 Å². The van der Waals surface area contributed by atoms with E-state index >= 15 is 0 Å². The molecule has 35 heavy (non-hydrogen) atoms. The number of rotatable bonds is 6. The maximum absolute atomic E-state index is 13.0. The van der Waals surface area contributed by atoms with E-state index in [4.69, 9.17) is 9.15 Å². The number of hydrogen-bond donors (Lipinski definition) is 1. The molecule has 1 aromatic heterocycles. The minimum absolute atomic E-state index is 0.217. The molecule has 0 unspecified atom stereocenters. The topological polar surface area (TPSA) is 22.4 Å². The fourth-order valence-corrected chi connectivity index (χ4v) is 6.02. The van der Waals surface area contributed by atoms with Gasteiger partial charge in [-0.3, -0.25) is 0 Å². The SMILES string of the molecule is FC(F)(F)c1ccc([SH](c2ccc(OCc3ccc(I)o3)cc2)c2ccc(C(F)(F)F)cc2)cc1. The molecule has 0 bridgehead atoms. The van der Waals surface area contributed by atoms with Gasteiger partial charge in [0, 0.05) is 0 Å². The zero-order valence-corrected chi connectivity index (χ0v) is 20.8. The molecule has 184 valence electrons. The van der Waals surface area contributed by atoms with Crippen molar-refractivity contribution in [3.63, 3.8) is 0 Å². The summed E-state index contributed by atoms with van der Waals surface area (Å²) in [5.41, 5.74) is -1.58. The largest absolute Gasteiger partial charge is 0.486 e. The van der Waals surface area contributed by atoms with Crippen LogP contribution in [0.5, 0.6) is 5.75 Å². The van der Waals surface area contributed by atoms with Crippen LogP contribution in [0.2, 0.25) is 0 Å². The van der Waals surface area contributed by atoms with Gasteiger partial charge in [0.15, 0.2) is 3.77 Å². The predicted molar refractivity (Wildman–Crippen MR) is 129 cm³/mol. The summed E-state index contributed by atoms with van der Waals surface area (Å²) >= 11 is 2.05. The third kappa shape index (κ3) is 6.35. The smallest absolute Gasteiger partial charge is 0.416 e. The lowest BCUT2D eigenvalue weighted by Gasteiger charge is -2.24. The molecule has 1 heterocycles. The molecule has 0 saturated heterocycles. The van der Waals surface area contributed by atoms with Crippen LogP contribution in [-0.4, -0.2) is 0 Å². The van der Waals surface area contributed by atoms with Gasteiger partial charge in [-0.2, -0.15) is 37.2 Å². The normalized spacial score (nSPS) is 12.5. The second-order valence-corrected chi connectivity index (χ2v) is 10.7. The maximum atomic E-state index is 13.0. The van der Waals surface area contributed by atoms with E-state index in [9.17, 15) is 26.3 Å². The molecule has 3 aromatic carbocycles. The van der Waals surface area contributed by atoms with Gasteiger partial charge in [0.05, 0.1) is 11.1 Å². The molecule has 10 heteroatoms. The molecule has 0 aliphatic rings. The van der Waals surface area contributed by atoms with Gasteiger partial charge in [0.1, 0.15) is 18.1 Å². The van der Waals surface area contributed by atoms with E-state index in [1.807, 2.05) is 28.7 Å². The lowest BCUT2D eigenvalue weighted by molar-refractivity contribution is -0.138. The van der Waals surface area contributed by atoms with Gasteiger partial charge in [-0.05, 0) is 122 Å². The summed E-state index contributed by atoms with van der Waals surface area (Å²) in [6, 6.07) is 20.0. The van der Waals surface area contributed by atoms with Gasteiger partial charge in [-0.25, -0.2) is 0 Å². The summed E-state index contributed by atoms with van der Waals surface area (Å²) in [6.45, 7) is 0.217. The highest BCUT2D eigenvalue weighted by molar-refractivity contribution is 14.1. The molecular formula is C25H17F6IO2S. The molecule has 2 nitrogen and oxygen atoms in total. The van der Waals surface area contributed by atoms with Crippen LogP contribution in [0.3, 0.4) is 0 Å². The molecule has 0 amide bonds. The van der Waals surface area contributed by atoms with Crippen molar-refractivity contribution in [2.75, 3.05) is 0 Å². The lowest BCUT2D eigenvalue weighted by Crippen LogP contribution is -2.05. The Morgan fingerprint density at radius 2 is 1.06 bits per heavy atom. The minimum Gasteiger partial charge on any atom is -0.486 e. The van der Waals surface area contributed by atoms with Crippen molar-refractivity contribution in [3.8, 4) is 5.75 Å². The van der Waals surface area contributed by atoms with E-state index in [1.165, 1.54) is 24.3 Å². The van der Waals surface area contributed by atoms with Crippen LogP contribution in [0, 0.1) is 3.77 Å². The molecule has 0 fully saturated rings. The summed E-state index contributed by atoms with van der Waals surface area (Å²) < 4.78 is 90.2. The van der Waals surface area contributed by atoms with Crippen molar-refractivity contribution in [1.29, 1.82) is 0 Å². The molecule has 0 N–H and O–H groups in total. The summed E-state index contributed by atoms with van der Waals surface area (Å²) in [7, 11) is -1.41. The van der Waals surface area contributed by atoms with E-state index in [0.29, 0.717) is 21.3 Å². The van der Waals surface area contributed by atoms with Crippen molar-refractivity contribution >= 4 is 33.5 Å². The summed E-state index contributed by atoms with van der Waals surface area (Å²) in [6.07, 6.45) is -8.97. The fourth-order valence-electron chi connectivity index (χ4n) is 3.32. The van der Waals surface area contributed by atoms with Gasteiger partial charge < -0.3 is 9.15 Å². The Labute approximate surface area is 213 Å². The van der Waals surface area contributed by atoms with Crippen molar-refractivity contribution in [1.82, 2.24) is 0 Å². The summed E-state index contributed by atoms with van der Waals surface area (Å²) in [5, 5.41) is 0. The van der Waals surface area contributed by atoms with E-state index in [1.54, 1.807) is 30.3 Å². The summed E-state index contributed by atoms with van der Waals surface area (Å²) in [4.78, 5) is 1.90. The molecule has 0 aliphatic carbocycles. The van der Waals surface area contributed by atoms with Crippen LogP contribution in [0.1, 0.15) is 16.9 Å². The lowest BCUT2D eigenvalue weighted by atomic mass is 10.2. The van der Waals surface area contributed by atoms with E-state index in [2.05, 4.69) is 0 Å². The van der Waals surface area contributed by atoms with Crippen LogP contribution < -0.4 is 4.74 Å². The monoisotopic (exact) mass is 622 g/mol. The van der Waals surface area contributed by atoms with E-state index in [-0.39, 0.29) is 6.61 Å². The van der Waals surface area contributed by atoms with Gasteiger partial charge in [-0.1, -0.05) is 0 Å². The Balaban J connectivity index is 1.64. The Morgan fingerprint density at radius 1 is 0.629 bits per heavy atom. The fraction of sp³-hybridized carbons (Fsp3) is 0.120. The molecule has 0 radical (unpaired) electrons. The molecule has 4 aromatic rings. The van der Waals surface area contributed by atoms with Crippen LogP contribution in [0.4, 0.5) is 26.3 Å². The number of halogens is 7. The number of benzene rings is 3. The molecule has 0 spiro atoms. The number of furan rings is 1. The zero-order valence-electron chi connectivity index (χ0n) is 17.7. The third-order valence-corrected chi connectivity index (χ3v) is 8.03. The Bertz CT molecular complexity index is 1210. The van der Waals surface area contributed by atoms with Crippen molar-refractivity contribution in [2.24, 2.45) is 0 Å². The minimum atomic E-state index is -4.49. The van der Waals surface area contributed by atoms with E-state index in [0.717, 1.165) is 32.9 Å². The first-order valence-corrected chi connectivity index (χ1v) is 12.5. The first-order chi connectivity index (χ1) is 16.5. The van der Waals surface area contributed by atoms with Gasteiger partial charge in [0.25, 0.3) is 0 Å². The molecule has 0 aliphatic heterocycles. The second kappa shape index (κ2) is 10.2. The average molecular weight is 622 g/mol. The van der Waals surface area contributed by atoms with Gasteiger partial charge >= 0.3 is 12.4 Å². The highest BCUT2D eigenvalue weighted by Crippen LogP contribution is 2.52. The van der Waals surface area contributed by atoms with Crippen LogP contribution in [0.15, 0.2) is 104 Å². The molecular weight excluding hydrogens is 605 g/mol. The third-order valence-electron chi connectivity index (χ3n) is 5.01. The maximum Gasteiger partial charge on any atom is 0.416 e. The highest BCUT2D eigenvalue weighted by atomic mass is 127. The molecule has 0 saturated carbocycles. The van der Waals surface area contributed by atoms with Crippen LogP contribution >= 0.6 is 33.5 Å². The zero-order chi connectivity index (χ0) is 25.2. The Kier molecular flexibility index (Phi) is 7.41. The standard InChI is InChI=1S/C25H17F6IO2S/c26-24(27,28)16-1-8-20(9-2-16)35(21-10-3-17(4-11-21)25(29,30)31)22-12-5-18(6-13-22)33-15-19-7-14-23(32)34-19/h1-14,35H,15H2. The molecule has 4 rings (SSSR count). The predicted octanol–water partition coefficient (Wildman–Crippen LogP) is 8.98. The highest BCUT2D eigenvalue weighted by Gasteiger charge is 2.31. The van der Waals surface area contributed by atoms with Gasteiger partial charge in [-0.15, -0.1) is 0 Å². The van der Waals surface area contributed by atoms with Crippen LogP contribution in [-0.2, 0) is 19.0 Å². The first-order valence-electron chi connectivity index (χ1n) is 10.1. The number of ether oxygens (including phenoxy) is 1. The van der Waals surface area contributed by atoms with Crippen molar-refractivity contribution in [2.45, 2.75) is 33.6 Å². The average Bonchev–Trinajstić information content (AvgIpc) is 3.23. The molecule has 0 atom stereocenters. The van der Waals surface area contributed by atoms with Crippen molar-refractivity contribution < 1.29 is 35.5 Å². The van der Waals surface area contributed by atoms with Crippen molar-refractivity contribution in [3.05, 3.63) is 106 Å². The number of hydrogen-bond acceptors (Lipinski definition) is 2. The quantitative estimate of drug-likeness (QED) is 0.132. The number of thiol groups is 1. The first kappa shape index (κ1) is 25.5. The summed E-state index contributed by atoms with van der Waals surface area (Å²) in [5.74, 6) is 1.20. The Hall–Kier alpha value is -2.60. The number of alkyl halides is 6. The second-order valence-electron chi connectivity index (χ2n) is 7.41. The Morgan fingerprint density at radius 3 is 1.43 bits per heavy atom. The van der Waals surface area contributed by atoms with E-state index < -0.39 is 34.4 Å². The van der Waals surface area contributed by atoms with Crippen LogP contribution in [0.25, 0.3) is 0 Å².